The maximum absolute atomic E-state index is 13.3. The topological polar surface area (TPSA) is 90.9 Å². The number of benzene rings is 3. The van der Waals surface area contributed by atoms with Crippen LogP contribution < -0.4 is 15.4 Å². The maximum atomic E-state index is 13.3. The quantitative estimate of drug-likeness (QED) is 0.482. The minimum Gasteiger partial charge on any atom is -0.410 e. The third-order valence-corrected chi connectivity index (χ3v) is 5.94. The predicted octanol–water partition coefficient (Wildman–Crippen LogP) is 3.09. The van der Waals surface area contributed by atoms with Crippen LogP contribution in [0, 0.1) is 0 Å². The van der Waals surface area contributed by atoms with Crippen molar-refractivity contribution in [3.63, 3.8) is 0 Å². The zero-order valence-electron chi connectivity index (χ0n) is 19.0. The third-order valence-electron chi connectivity index (χ3n) is 5.94. The molecule has 0 aromatic heterocycles. The van der Waals surface area contributed by atoms with E-state index in [0.29, 0.717) is 18.7 Å². The SMILES string of the molecule is CC1NC(C(O)[C@H](Cc2ccccc2)NC(=O)Oc2ccccc2)C(=O)N1Cc1ccccc1. The first-order valence-corrected chi connectivity index (χ1v) is 11.4. The van der Waals surface area contributed by atoms with Gasteiger partial charge in [-0.25, -0.2) is 4.79 Å². The molecule has 1 saturated heterocycles. The van der Waals surface area contributed by atoms with Gasteiger partial charge in [0.15, 0.2) is 0 Å². The van der Waals surface area contributed by atoms with Crippen LogP contribution in [0.3, 0.4) is 0 Å². The van der Waals surface area contributed by atoms with Crippen molar-refractivity contribution in [3.8, 4) is 5.75 Å². The molecule has 1 heterocycles. The Kier molecular flexibility index (Phi) is 7.57. The number of amides is 2. The van der Waals surface area contributed by atoms with Crippen LogP contribution in [0.2, 0.25) is 0 Å². The fraction of sp³-hybridized carbons (Fsp3) is 0.259. The molecule has 2 amide bonds. The van der Waals surface area contributed by atoms with Gasteiger partial charge in [0.1, 0.15) is 11.8 Å². The van der Waals surface area contributed by atoms with Gasteiger partial charge in [0, 0.05) is 6.54 Å². The van der Waals surface area contributed by atoms with Gasteiger partial charge in [0.25, 0.3) is 0 Å². The van der Waals surface area contributed by atoms with Crippen LogP contribution in [0.1, 0.15) is 18.1 Å². The second-order valence-corrected chi connectivity index (χ2v) is 8.41. The molecule has 0 radical (unpaired) electrons. The number of aliphatic hydroxyl groups is 1. The number of hydrogen-bond acceptors (Lipinski definition) is 5. The Morgan fingerprint density at radius 1 is 0.971 bits per heavy atom. The molecule has 3 unspecified atom stereocenters. The van der Waals surface area contributed by atoms with E-state index in [0.717, 1.165) is 11.1 Å². The molecular formula is C27H29N3O4. The summed E-state index contributed by atoms with van der Waals surface area (Å²) in [5.74, 6) is 0.186. The van der Waals surface area contributed by atoms with Gasteiger partial charge in [-0.05, 0) is 36.6 Å². The Morgan fingerprint density at radius 3 is 2.15 bits per heavy atom. The molecule has 3 aromatic carbocycles. The summed E-state index contributed by atoms with van der Waals surface area (Å²) in [6.07, 6.45) is -1.78. The zero-order valence-corrected chi connectivity index (χ0v) is 19.0. The number of rotatable bonds is 8. The zero-order chi connectivity index (χ0) is 23.9. The van der Waals surface area contributed by atoms with Gasteiger partial charge in [-0.2, -0.15) is 0 Å². The lowest BCUT2D eigenvalue weighted by atomic mass is 9.96. The second-order valence-electron chi connectivity index (χ2n) is 8.41. The minimum atomic E-state index is -1.17. The molecule has 7 heteroatoms. The normalized spacial score (nSPS) is 19.5. The van der Waals surface area contributed by atoms with Crippen LogP contribution in [-0.4, -0.2) is 46.4 Å². The van der Waals surface area contributed by atoms with Crippen molar-refractivity contribution in [2.75, 3.05) is 0 Å². The fourth-order valence-electron chi connectivity index (χ4n) is 4.16. The number of para-hydroxylation sites is 1. The molecule has 3 aromatic rings. The molecule has 7 nitrogen and oxygen atoms in total. The molecule has 4 rings (SSSR count). The lowest BCUT2D eigenvalue weighted by Gasteiger charge is -2.27. The maximum Gasteiger partial charge on any atom is 0.412 e. The first-order valence-electron chi connectivity index (χ1n) is 11.4. The van der Waals surface area contributed by atoms with Gasteiger partial charge in [0.2, 0.25) is 5.91 Å². The fourth-order valence-corrected chi connectivity index (χ4v) is 4.16. The van der Waals surface area contributed by atoms with E-state index in [4.69, 9.17) is 4.74 Å². The lowest BCUT2D eigenvalue weighted by Crippen LogP contribution is -2.55. The van der Waals surface area contributed by atoms with Gasteiger partial charge >= 0.3 is 6.09 Å². The van der Waals surface area contributed by atoms with Crippen molar-refractivity contribution in [3.05, 3.63) is 102 Å². The molecular weight excluding hydrogens is 430 g/mol. The number of nitrogens with zero attached hydrogens (tertiary/aromatic N) is 1. The van der Waals surface area contributed by atoms with E-state index < -0.39 is 24.3 Å². The van der Waals surface area contributed by atoms with Crippen LogP contribution in [0.4, 0.5) is 4.79 Å². The van der Waals surface area contributed by atoms with E-state index in [1.54, 1.807) is 29.2 Å². The molecule has 1 aliphatic heterocycles. The first-order chi connectivity index (χ1) is 16.5. The average Bonchev–Trinajstić information content (AvgIpc) is 3.13. The summed E-state index contributed by atoms with van der Waals surface area (Å²) in [5.41, 5.74) is 1.93. The molecule has 4 atom stereocenters. The van der Waals surface area contributed by atoms with Crippen molar-refractivity contribution in [1.82, 2.24) is 15.5 Å². The van der Waals surface area contributed by atoms with E-state index in [2.05, 4.69) is 10.6 Å². The highest BCUT2D eigenvalue weighted by Gasteiger charge is 2.43. The molecule has 1 aliphatic rings. The molecule has 176 valence electrons. The van der Waals surface area contributed by atoms with E-state index >= 15 is 0 Å². The standard InChI is InChI=1S/C27H29N3O4/c1-19-28-24(26(32)30(19)18-21-13-7-3-8-14-21)25(31)23(17-20-11-5-2-6-12-20)29-27(33)34-22-15-9-4-10-16-22/h2-16,19,23-25,28,31H,17-18H2,1H3,(H,29,33)/t19?,23-,24?,25?/m0/s1. The average molecular weight is 460 g/mol. The lowest BCUT2D eigenvalue weighted by molar-refractivity contribution is -0.132. The summed E-state index contributed by atoms with van der Waals surface area (Å²) in [5, 5.41) is 17.2. The van der Waals surface area contributed by atoms with Gasteiger partial charge in [-0.15, -0.1) is 0 Å². The largest absolute Gasteiger partial charge is 0.412 e. The summed E-state index contributed by atoms with van der Waals surface area (Å²) in [6, 6.07) is 26.3. The Balaban J connectivity index is 1.49. The number of carbonyl (C=O) groups excluding carboxylic acids is 2. The highest BCUT2D eigenvalue weighted by molar-refractivity contribution is 5.85. The molecule has 3 N–H and O–H groups in total. The van der Waals surface area contributed by atoms with Gasteiger partial charge in [-0.3, -0.25) is 10.1 Å². The Labute approximate surface area is 199 Å². The monoisotopic (exact) mass is 459 g/mol. The van der Waals surface area contributed by atoms with Crippen molar-refractivity contribution in [1.29, 1.82) is 0 Å². The molecule has 0 aliphatic carbocycles. The molecule has 0 bridgehead atoms. The summed E-state index contributed by atoms with van der Waals surface area (Å²) >= 11 is 0. The smallest absolute Gasteiger partial charge is 0.410 e. The predicted molar refractivity (Wildman–Crippen MR) is 129 cm³/mol. The van der Waals surface area contributed by atoms with Gasteiger partial charge in [-0.1, -0.05) is 78.9 Å². The Morgan fingerprint density at radius 2 is 1.53 bits per heavy atom. The van der Waals surface area contributed by atoms with Gasteiger partial charge < -0.3 is 20.1 Å². The number of carbonyl (C=O) groups is 2. The van der Waals surface area contributed by atoms with Crippen LogP contribution >= 0.6 is 0 Å². The van der Waals surface area contributed by atoms with Crippen molar-refractivity contribution >= 4 is 12.0 Å². The highest BCUT2D eigenvalue weighted by atomic mass is 16.6. The summed E-state index contributed by atoms with van der Waals surface area (Å²) in [4.78, 5) is 27.6. The number of aliphatic hydroxyl groups excluding tert-OH is 1. The van der Waals surface area contributed by atoms with Crippen molar-refractivity contribution < 1.29 is 19.4 Å². The molecule has 0 spiro atoms. The van der Waals surface area contributed by atoms with Crippen LogP contribution in [0.15, 0.2) is 91.0 Å². The van der Waals surface area contributed by atoms with Crippen LogP contribution in [-0.2, 0) is 17.8 Å². The third kappa shape index (κ3) is 5.81. The minimum absolute atomic E-state index is 0.208. The van der Waals surface area contributed by atoms with Crippen molar-refractivity contribution in [2.24, 2.45) is 0 Å². The van der Waals surface area contributed by atoms with Crippen LogP contribution in [0.25, 0.3) is 0 Å². The number of nitrogens with one attached hydrogen (secondary N) is 2. The highest BCUT2D eigenvalue weighted by Crippen LogP contribution is 2.20. The Hall–Kier alpha value is -3.68. The van der Waals surface area contributed by atoms with E-state index in [-0.39, 0.29) is 12.1 Å². The summed E-state index contributed by atoms with van der Waals surface area (Å²) in [7, 11) is 0. The second kappa shape index (κ2) is 11.0. The molecule has 1 fully saturated rings. The van der Waals surface area contributed by atoms with E-state index in [1.165, 1.54) is 0 Å². The number of hydrogen-bond donors (Lipinski definition) is 3. The van der Waals surface area contributed by atoms with E-state index in [9.17, 15) is 14.7 Å². The number of ether oxygens (including phenoxy) is 1. The van der Waals surface area contributed by atoms with Gasteiger partial charge in [0.05, 0.1) is 18.3 Å². The first kappa shape index (κ1) is 23.5. The van der Waals surface area contributed by atoms with E-state index in [1.807, 2.05) is 73.7 Å². The Bertz CT molecular complexity index is 1080. The summed E-state index contributed by atoms with van der Waals surface area (Å²) < 4.78 is 5.37. The summed E-state index contributed by atoms with van der Waals surface area (Å²) in [6.45, 7) is 2.32. The molecule has 0 saturated carbocycles. The molecule has 34 heavy (non-hydrogen) atoms. The van der Waals surface area contributed by atoms with Crippen molar-refractivity contribution in [2.45, 2.75) is 44.2 Å². The van der Waals surface area contributed by atoms with Crippen LogP contribution in [0.5, 0.6) is 5.75 Å².